The van der Waals surface area contributed by atoms with Gasteiger partial charge in [-0.05, 0) is 36.0 Å². The lowest BCUT2D eigenvalue weighted by atomic mass is 9.88. The first-order valence-corrected chi connectivity index (χ1v) is 4.63. The van der Waals surface area contributed by atoms with Gasteiger partial charge in [0.05, 0.1) is 0 Å². The molecule has 0 atom stereocenters. The van der Waals surface area contributed by atoms with Crippen LogP contribution < -0.4 is 0 Å². The van der Waals surface area contributed by atoms with Crippen LogP contribution in [0.5, 0.6) is 0 Å². The normalized spacial score (nSPS) is 11.8. The molecule has 0 bridgehead atoms. The van der Waals surface area contributed by atoms with Crippen molar-refractivity contribution in [2.24, 2.45) is 5.41 Å². The van der Waals surface area contributed by atoms with E-state index in [1.165, 1.54) is 0 Å². The van der Waals surface area contributed by atoms with Crippen LogP contribution in [0.3, 0.4) is 0 Å². The van der Waals surface area contributed by atoms with Crippen molar-refractivity contribution in [3.05, 3.63) is 35.1 Å². The minimum absolute atomic E-state index is 0.0956. The molecule has 1 aromatic rings. The molecule has 0 heterocycles. The molecule has 0 aromatic heterocycles. The predicted molar refractivity (Wildman–Crippen MR) is 54.3 cm³/mol. The van der Waals surface area contributed by atoms with E-state index in [1.807, 2.05) is 12.1 Å². The van der Waals surface area contributed by atoms with Crippen molar-refractivity contribution >= 4 is 0 Å². The van der Waals surface area contributed by atoms with Crippen LogP contribution >= 0.6 is 0 Å². The molecule has 0 spiro atoms. The second-order valence-corrected chi connectivity index (χ2v) is 4.82. The smallest absolute Gasteiger partial charge is 0.126 e. The Labute approximate surface area is 79.8 Å². The Morgan fingerprint density at radius 2 is 1.85 bits per heavy atom. The van der Waals surface area contributed by atoms with Gasteiger partial charge in [-0.2, -0.15) is 0 Å². The lowest BCUT2D eigenvalue weighted by molar-refractivity contribution is 0.410. The molecule has 0 fully saturated rings. The molecule has 0 aliphatic heterocycles. The largest absolute Gasteiger partial charge is 0.207 e. The minimum Gasteiger partial charge on any atom is -0.207 e. The summed E-state index contributed by atoms with van der Waals surface area (Å²) >= 11 is 0. The highest BCUT2D eigenvalue weighted by Crippen LogP contribution is 2.21. The molecule has 72 valence electrons. The average Bonchev–Trinajstić information content (AvgIpc) is 1.94. The second kappa shape index (κ2) is 3.49. The standard InChI is InChI=1S/C12H17F/c1-9-5-6-10(7-11(9)13)8-12(2,3)4/h5-7H,8H2,1-4H3. The monoisotopic (exact) mass is 180 g/mol. The Morgan fingerprint density at radius 3 is 2.31 bits per heavy atom. The molecule has 1 rings (SSSR count). The van der Waals surface area contributed by atoms with Crippen molar-refractivity contribution in [3.8, 4) is 0 Å². The zero-order valence-electron chi connectivity index (χ0n) is 8.82. The van der Waals surface area contributed by atoms with Crippen molar-refractivity contribution in [2.75, 3.05) is 0 Å². The van der Waals surface area contributed by atoms with Crippen molar-refractivity contribution in [1.29, 1.82) is 0 Å². The summed E-state index contributed by atoms with van der Waals surface area (Å²) in [7, 11) is 0. The van der Waals surface area contributed by atoms with Gasteiger partial charge in [-0.3, -0.25) is 0 Å². The van der Waals surface area contributed by atoms with E-state index in [9.17, 15) is 4.39 Å². The number of hydrogen-bond acceptors (Lipinski definition) is 0. The molecular formula is C12H17F. The molecular weight excluding hydrogens is 163 g/mol. The highest BCUT2D eigenvalue weighted by Gasteiger charge is 2.11. The zero-order chi connectivity index (χ0) is 10.1. The summed E-state index contributed by atoms with van der Waals surface area (Å²) in [6, 6.07) is 5.49. The molecule has 0 unspecified atom stereocenters. The molecule has 0 amide bonds. The SMILES string of the molecule is Cc1ccc(CC(C)(C)C)cc1F. The quantitative estimate of drug-likeness (QED) is 0.618. The maximum absolute atomic E-state index is 13.2. The lowest BCUT2D eigenvalue weighted by Crippen LogP contribution is -2.09. The summed E-state index contributed by atoms with van der Waals surface area (Å²) in [5, 5.41) is 0. The summed E-state index contributed by atoms with van der Waals surface area (Å²) in [6.45, 7) is 8.26. The van der Waals surface area contributed by atoms with Gasteiger partial charge in [0.25, 0.3) is 0 Å². The van der Waals surface area contributed by atoms with Crippen molar-refractivity contribution in [2.45, 2.75) is 34.1 Å². The van der Waals surface area contributed by atoms with Crippen molar-refractivity contribution in [3.63, 3.8) is 0 Å². The number of benzene rings is 1. The van der Waals surface area contributed by atoms with Crippen molar-refractivity contribution < 1.29 is 4.39 Å². The van der Waals surface area contributed by atoms with E-state index in [4.69, 9.17) is 0 Å². The fraction of sp³-hybridized carbons (Fsp3) is 0.500. The highest BCUT2D eigenvalue weighted by molar-refractivity contribution is 5.23. The maximum atomic E-state index is 13.2. The number of halogens is 1. The molecule has 0 aliphatic rings. The average molecular weight is 180 g/mol. The third kappa shape index (κ3) is 3.17. The number of aryl methyl sites for hydroxylation is 1. The van der Waals surface area contributed by atoms with Crippen molar-refractivity contribution in [1.82, 2.24) is 0 Å². The topological polar surface area (TPSA) is 0 Å². The van der Waals surface area contributed by atoms with Gasteiger partial charge < -0.3 is 0 Å². The van der Waals surface area contributed by atoms with Crippen LogP contribution in [0.2, 0.25) is 0 Å². The second-order valence-electron chi connectivity index (χ2n) is 4.82. The van der Waals surface area contributed by atoms with Crippen LogP contribution in [0.4, 0.5) is 4.39 Å². The van der Waals surface area contributed by atoms with Crippen LogP contribution in [-0.2, 0) is 6.42 Å². The van der Waals surface area contributed by atoms with Gasteiger partial charge in [-0.25, -0.2) is 4.39 Å². The van der Waals surface area contributed by atoms with Gasteiger partial charge in [0.1, 0.15) is 5.82 Å². The predicted octanol–water partition coefficient (Wildman–Crippen LogP) is 3.72. The minimum atomic E-state index is -0.0956. The van der Waals surface area contributed by atoms with E-state index < -0.39 is 0 Å². The highest BCUT2D eigenvalue weighted by atomic mass is 19.1. The third-order valence-electron chi connectivity index (χ3n) is 1.97. The van der Waals surface area contributed by atoms with Gasteiger partial charge in [0.2, 0.25) is 0 Å². The lowest BCUT2D eigenvalue weighted by Gasteiger charge is -2.18. The van der Waals surface area contributed by atoms with E-state index in [-0.39, 0.29) is 11.2 Å². The van der Waals surface area contributed by atoms with Crippen LogP contribution in [0, 0.1) is 18.2 Å². The molecule has 0 radical (unpaired) electrons. The van der Waals surface area contributed by atoms with E-state index in [0.29, 0.717) is 0 Å². The van der Waals surface area contributed by atoms with E-state index in [1.54, 1.807) is 13.0 Å². The van der Waals surface area contributed by atoms with Gasteiger partial charge in [0.15, 0.2) is 0 Å². The fourth-order valence-corrected chi connectivity index (χ4v) is 1.36. The van der Waals surface area contributed by atoms with E-state index in [2.05, 4.69) is 20.8 Å². The summed E-state index contributed by atoms with van der Waals surface area (Å²) in [5.74, 6) is -0.0956. The van der Waals surface area contributed by atoms with Crippen LogP contribution in [-0.4, -0.2) is 0 Å². The van der Waals surface area contributed by atoms with Crippen LogP contribution in [0.25, 0.3) is 0 Å². The number of hydrogen-bond donors (Lipinski definition) is 0. The number of rotatable bonds is 1. The van der Waals surface area contributed by atoms with Gasteiger partial charge in [-0.15, -0.1) is 0 Å². The molecule has 0 saturated carbocycles. The van der Waals surface area contributed by atoms with Crippen LogP contribution in [0.1, 0.15) is 31.9 Å². The van der Waals surface area contributed by atoms with E-state index in [0.717, 1.165) is 17.5 Å². The van der Waals surface area contributed by atoms with Crippen LogP contribution in [0.15, 0.2) is 18.2 Å². The summed E-state index contributed by atoms with van der Waals surface area (Å²) in [6.07, 6.45) is 0.921. The molecule has 1 aromatic carbocycles. The summed E-state index contributed by atoms with van der Waals surface area (Å²) in [4.78, 5) is 0. The maximum Gasteiger partial charge on any atom is 0.126 e. The molecule has 0 N–H and O–H groups in total. The fourth-order valence-electron chi connectivity index (χ4n) is 1.36. The molecule has 13 heavy (non-hydrogen) atoms. The zero-order valence-corrected chi connectivity index (χ0v) is 8.82. The molecule has 0 saturated heterocycles. The summed E-state index contributed by atoms with van der Waals surface area (Å²) < 4.78 is 13.2. The van der Waals surface area contributed by atoms with Gasteiger partial charge >= 0.3 is 0 Å². The first-order chi connectivity index (χ1) is 5.88. The first-order valence-electron chi connectivity index (χ1n) is 4.63. The van der Waals surface area contributed by atoms with Gasteiger partial charge in [-0.1, -0.05) is 32.9 Å². The first kappa shape index (κ1) is 10.2. The Morgan fingerprint density at radius 1 is 1.23 bits per heavy atom. The third-order valence-corrected chi connectivity index (χ3v) is 1.97. The Balaban J connectivity index is 2.86. The molecule has 0 aliphatic carbocycles. The molecule has 1 heteroatoms. The van der Waals surface area contributed by atoms with E-state index >= 15 is 0 Å². The summed E-state index contributed by atoms with van der Waals surface area (Å²) in [5.41, 5.74) is 2.02. The Kier molecular flexibility index (Phi) is 2.74. The Hall–Kier alpha value is -0.850. The Bertz CT molecular complexity index is 294. The van der Waals surface area contributed by atoms with Gasteiger partial charge in [0, 0.05) is 0 Å². The molecule has 0 nitrogen and oxygen atoms in total.